The van der Waals surface area contributed by atoms with Gasteiger partial charge in [0.05, 0.1) is 10.6 Å². The summed E-state index contributed by atoms with van der Waals surface area (Å²) in [5.41, 5.74) is 2.99. The van der Waals surface area contributed by atoms with Gasteiger partial charge in [-0.3, -0.25) is 4.79 Å². The van der Waals surface area contributed by atoms with Gasteiger partial charge in [-0.05, 0) is 69.1 Å². The standard InChI is InChI=1S/C24H33N3O4S/c1-4-14-27(15-5-13-25-32(29,30)21-9-6-19(2)7-10-21)16-12-20-8-11-22-23(17-20)31-18-24(28)26(22)3/h6-11,17,25H,4-5,12-16,18H2,1-3H3. The molecule has 0 radical (unpaired) electrons. The molecule has 0 atom stereocenters. The van der Waals surface area contributed by atoms with Crippen LogP contribution >= 0.6 is 0 Å². The Morgan fingerprint density at radius 2 is 1.84 bits per heavy atom. The number of carbonyl (C=O) groups excluding carboxylic acids is 1. The van der Waals surface area contributed by atoms with Crippen molar-refractivity contribution in [2.45, 2.75) is 38.0 Å². The molecule has 1 aliphatic rings. The SMILES string of the molecule is CCCN(CCCNS(=O)(=O)c1ccc(C)cc1)CCc1ccc2c(c1)OCC(=O)N2C. The number of hydrogen-bond acceptors (Lipinski definition) is 5. The molecular formula is C24H33N3O4S. The number of benzene rings is 2. The minimum Gasteiger partial charge on any atom is -0.482 e. The average Bonchev–Trinajstić information content (AvgIpc) is 2.77. The second kappa shape index (κ2) is 10.9. The summed E-state index contributed by atoms with van der Waals surface area (Å²) in [4.78, 5) is 16.0. The van der Waals surface area contributed by atoms with Gasteiger partial charge in [0.25, 0.3) is 5.91 Å². The van der Waals surface area contributed by atoms with Crippen LogP contribution < -0.4 is 14.4 Å². The number of carbonyl (C=O) groups is 1. The van der Waals surface area contributed by atoms with Crippen LogP contribution in [0, 0.1) is 6.92 Å². The highest BCUT2D eigenvalue weighted by Crippen LogP contribution is 2.32. The van der Waals surface area contributed by atoms with Gasteiger partial charge < -0.3 is 14.5 Å². The quantitative estimate of drug-likeness (QED) is 0.523. The lowest BCUT2D eigenvalue weighted by molar-refractivity contribution is -0.120. The molecule has 0 unspecified atom stereocenters. The van der Waals surface area contributed by atoms with E-state index >= 15 is 0 Å². The summed E-state index contributed by atoms with van der Waals surface area (Å²) < 4.78 is 33.1. The van der Waals surface area contributed by atoms with Gasteiger partial charge >= 0.3 is 0 Å². The Kier molecular flexibility index (Phi) is 8.28. The molecule has 1 amide bonds. The van der Waals surface area contributed by atoms with Crippen LogP contribution in [0.4, 0.5) is 5.69 Å². The zero-order chi connectivity index (χ0) is 23.1. The fourth-order valence-corrected chi connectivity index (χ4v) is 4.80. The van der Waals surface area contributed by atoms with Gasteiger partial charge in [0.15, 0.2) is 6.61 Å². The molecule has 3 rings (SSSR count). The van der Waals surface area contributed by atoms with Gasteiger partial charge in [0.2, 0.25) is 10.0 Å². The average molecular weight is 460 g/mol. The lowest BCUT2D eigenvalue weighted by atomic mass is 10.1. The largest absolute Gasteiger partial charge is 0.482 e. The Morgan fingerprint density at radius 3 is 2.56 bits per heavy atom. The summed E-state index contributed by atoms with van der Waals surface area (Å²) in [5, 5.41) is 0. The van der Waals surface area contributed by atoms with Crippen LogP contribution in [0.1, 0.15) is 30.9 Å². The van der Waals surface area contributed by atoms with Crippen LogP contribution in [0.15, 0.2) is 47.4 Å². The van der Waals surface area contributed by atoms with Crippen LogP contribution in [0.5, 0.6) is 5.75 Å². The van der Waals surface area contributed by atoms with Crippen LogP contribution in [0.3, 0.4) is 0 Å². The Morgan fingerprint density at radius 1 is 1.09 bits per heavy atom. The van der Waals surface area contributed by atoms with E-state index in [1.165, 1.54) is 0 Å². The van der Waals surface area contributed by atoms with E-state index in [1.54, 1.807) is 36.2 Å². The summed E-state index contributed by atoms with van der Waals surface area (Å²) in [7, 11) is -1.71. The van der Waals surface area contributed by atoms with Gasteiger partial charge in [-0.2, -0.15) is 0 Å². The first-order valence-electron chi connectivity index (χ1n) is 11.1. The number of anilines is 1. The van der Waals surface area contributed by atoms with Crippen LogP contribution in [-0.4, -0.2) is 59.1 Å². The summed E-state index contributed by atoms with van der Waals surface area (Å²) in [6.45, 7) is 7.23. The number of sulfonamides is 1. The Balaban J connectivity index is 1.48. The van der Waals surface area contributed by atoms with Gasteiger partial charge in [-0.1, -0.05) is 30.7 Å². The van der Waals surface area contributed by atoms with Crippen molar-refractivity contribution in [3.8, 4) is 5.75 Å². The highest BCUT2D eigenvalue weighted by molar-refractivity contribution is 7.89. The van der Waals surface area contributed by atoms with Crippen LogP contribution in [0.2, 0.25) is 0 Å². The molecule has 8 heteroatoms. The van der Waals surface area contributed by atoms with Gasteiger partial charge in [0.1, 0.15) is 5.75 Å². The lowest BCUT2D eigenvalue weighted by Crippen LogP contribution is -2.35. The Labute approximate surface area is 191 Å². The molecule has 32 heavy (non-hydrogen) atoms. The number of ether oxygens (including phenoxy) is 1. The van der Waals surface area contributed by atoms with Crippen molar-refractivity contribution in [2.75, 3.05) is 44.7 Å². The minimum atomic E-state index is -3.47. The third-order valence-electron chi connectivity index (χ3n) is 5.64. The smallest absolute Gasteiger partial charge is 0.264 e. The molecule has 2 aromatic rings. The Hall–Kier alpha value is -2.42. The molecule has 2 aromatic carbocycles. The van der Waals surface area contributed by atoms with E-state index in [4.69, 9.17) is 4.74 Å². The molecule has 1 heterocycles. The third kappa shape index (κ3) is 6.31. The van der Waals surface area contributed by atoms with Crippen molar-refractivity contribution in [3.63, 3.8) is 0 Å². The van der Waals surface area contributed by atoms with Gasteiger partial charge in [0, 0.05) is 20.1 Å². The van der Waals surface area contributed by atoms with Crippen molar-refractivity contribution in [2.24, 2.45) is 0 Å². The summed E-state index contributed by atoms with van der Waals surface area (Å²) >= 11 is 0. The normalized spacial score (nSPS) is 13.9. The third-order valence-corrected chi connectivity index (χ3v) is 7.12. The number of hydrogen-bond donors (Lipinski definition) is 1. The van der Waals surface area contributed by atoms with E-state index < -0.39 is 10.0 Å². The van der Waals surface area contributed by atoms with Gasteiger partial charge in [-0.25, -0.2) is 13.1 Å². The van der Waals surface area contributed by atoms with Crippen molar-refractivity contribution in [1.29, 1.82) is 0 Å². The molecule has 0 aromatic heterocycles. The first-order chi connectivity index (χ1) is 15.3. The molecule has 1 N–H and O–H groups in total. The monoisotopic (exact) mass is 459 g/mol. The van der Waals surface area contributed by atoms with Crippen molar-refractivity contribution < 1.29 is 17.9 Å². The van der Waals surface area contributed by atoms with E-state index in [9.17, 15) is 13.2 Å². The van der Waals surface area contributed by atoms with E-state index in [0.717, 1.165) is 61.5 Å². The molecule has 0 aliphatic carbocycles. The predicted octanol–water partition coefficient (Wildman–Crippen LogP) is 2.97. The number of rotatable bonds is 11. The van der Waals surface area contributed by atoms with E-state index in [-0.39, 0.29) is 12.5 Å². The molecule has 0 fully saturated rings. The molecule has 0 bridgehead atoms. The number of likely N-dealkylation sites (N-methyl/N-ethyl adjacent to an activating group) is 1. The summed E-state index contributed by atoms with van der Waals surface area (Å²) in [5.74, 6) is 0.703. The topological polar surface area (TPSA) is 79.0 Å². The maximum absolute atomic E-state index is 12.4. The molecule has 0 saturated heterocycles. The number of nitrogens with zero attached hydrogens (tertiary/aromatic N) is 2. The van der Waals surface area contributed by atoms with Crippen LogP contribution in [-0.2, 0) is 21.2 Å². The zero-order valence-corrected chi connectivity index (χ0v) is 20.0. The maximum atomic E-state index is 12.4. The summed E-state index contributed by atoms with van der Waals surface area (Å²) in [6.07, 6.45) is 2.64. The van der Waals surface area contributed by atoms with Crippen LogP contribution in [0.25, 0.3) is 0 Å². The van der Waals surface area contributed by atoms with E-state index in [1.807, 2.05) is 25.1 Å². The van der Waals surface area contributed by atoms with Crippen molar-refractivity contribution >= 4 is 21.6 Å². The minimum absolute atomic E-state index is 0.0441. The van der Waals surface area contributed by atoms with Gasteiger partial charge in [-0.15, -0.1) is 0 Å². The molecule has 0 spiro atoms. The lowest BCUT2D eigenvalue weighted by Gasteiger charge is -2.26. The highest BCUT2D eigenvalue weighted by Gasteiger charge is 2.22. The predicted molar refractivity (Wildman–Crippen MR) is 127 cm³/mol. The maximum Gasteiger partial charge on any atom is 0.264 e. The highest BCUT2D eigenvalue weighted by atomic mass is 32.2. The fourth-order valence-electron chi connectivity index (χ4n) is 3.73. The summed E-state index contributed by atoms with van der Waals surface area (Å²) in [6, 6.07) is 12.9. The van der Waals surface area contributed by atoms with Crippen molar-refractivity contribution in [1.82, 2.24) is 9.62 Å². The van der Waals surface area contributed by atoms with E-state index in [0.29, 0.717) is 11.4 Å². The molecule has 1 aliphatic heterocycles. The number of fused-ring (bicyclic) bond motifs is 1. The second-order valence-electron chi connectivity index (χ2n) is 8.20. The second-order valence-corrected chi connectivity index (χ2v) is 9.97. The number of nitrogens with one attached hydrogen (secondary N) is 1. The molecule has 0 saturated carbocycles. The first kappa shape index (κ1) is 24.2. The number of aryl methyl sites for hydroxylation is 1. The molecule has 7 nitrogen and oxygen atoms in total. The first-order valence-corrected chi connectivity index (χ1v) is 12.6. The number of amides is 1. The molecule has 174 valence electrons. The Bertz CT molecular complexity index is 1020. The van der Waals surface area contributed by atoms with Crippen molar-refractivity contribution in [3.05, 3.63) is 53.6 Å². The fraction of sp³-hybridized carbons (Fsp3) is 0.458. The van der Waals surface area contributed by atoms with E-state index in [2.05, 4.69) is 16.5 Å². The zero-order valence-electron chi connectivity index (χ0n) is 19.1. The molecular weight excluding hydrogens is 426 g/mol.